The van der Waals surface area contributed by atoms with E-state index in [-0.39, 0.29) is 0 Å². The van der Waals surface area contributed by atoms with Gasteiger partial charge in [0.05, 0.1) is 17.1 Å². The summed E-state index contributed by atoms with van der Waals surface area (Å²) >= 11 is 0. The Hall–Kier alpha value is -2.93. The van der Waals surface area contributed by atoms with Crippen LogP contribution in [-0.4, -0.2) is 9.97 Å². The van der Waals surface area contributed by atoms with E-state index in [2.05, 4.69) is 16.0 Å². The van der Waals surface area contributed by atoms with Gasteiger partial charge < -0.3 is 5.73 Å². The highest BCUT2D eigenvalue weighted by Gasteiger charge is 2.07. The minimum Gasteiger partial charge on any atom is -0.383 e. The lowest BCUT2D eigenvalue weighted by atomic mass is 10.1. The molecule has 0 fully saturated rings. The van der Waals surface area contributed by atoms with Crippen LogP contribution in [0.3, 0.4) is 0 Å². The molecule has 19 heavy (non-hydrogen) atoms. The third-order valence-corrected chi connectivity index (χ3v) is 2.88. The number of nitrogens with two attached hydrogens (primary N) is 1. The predicted octanol–water partition coefficient (Wildman–Crippen LogP) is 2.75. The van der Waals surface area contributed by atoms with Crippen molar-refractivity contribution in [2.45, 2.75) is 0 Å². The minimum absolute atomic E-state index is 0.447. The fraction of sp³-hybridized carbons (Fsp3) is 0. The van der Waals surface area contributed by atoms with Gasteiger partial charge in [-0.1, -0.05) is 24.3 Å². The van der Waals surface area contributed by atoms with Crippen LogP contribution in [0.25, 0.3) is 22.3 Å². The first-order chi connectivity index (χ1) is 9.28. The van der Waals surface area contributed by atoms with Gasteiger partial charge in [-0.3, -0.25) is 0 Å². The first-order valence-electron chi connectivity index (χ1n) is 5.81. The SMILES string of the molecule is N#Cc1cccc(-c2nc3ccccc3[14c](N)n2)c1. The fourth-order valence-electron chi connectivity index (χ4n) is 1.96. The minimum atomic E-state index is 0.447. The van der Waals surface area contributed by atoms with Crippen LogP contribution in [0.1, 0.15) is 5.56 Å². The van der Waals surface area contributed by atoms with E-state index in [1.165, 1.54) is 0 Å². The summed E-state index contributed by atoms with van der Waals surface area (Å²) in [4.78, 5) is 8.79. The van der Waals surface area contributed by atoms with Crippen molar-refractivity contribution in [3.63, 3.8) is 0 Å². The van der Waals surface area contributed by atoms with Crippen LogP contribution in [0.4, 0.5) is 5.82 Å². The van der Waals surface area contributed by atoms with Crippen LogP contribution in [0.2, 0.25) is 0 Å². The number of nitrogen functional groups attached to an aromatic ring is 1. The molecule has 2 N–H and O–H groups in total. The zero-order chi connectivity index (χ0) is 13.2. The molecule has 0 atom stereocenters. The van der Waals surface area contributed by atoms with Crippen molar-refractivity contribution < 1.29 is 0 Å². The first kappa shape index (κ1) is 11.2. The maximum atomic E-state index is 8.92. The van der Waals surface area contributed by atoms with E-state index >= 15 is 0 Å². The van der Waals surface area contributed by atoms with E-state index in [1.54, 1.807) is 12.1 Å². The summed E-state index contributed by atoms with van der Waals surface area (Å²) in [7, 11) is 0. The smallest absolute Gasteiger partial charge is 0.162 e. The molecule has 0 aliphatic carbocycles. The molecule has 3 aromatic rings. The molecule has 3 rings (SSSR count). The molecule has 90 valence electrons. The Morgan fingerprint density at radius 1 is 1.11 bits per heavy atom. The summed E-state index contributed by atoms with van der Waals surface area (Å²) in [6.45, 7) is 0. The molecule has 2 aromatic carbocycles. The van der Waals surface area contributed by atoms with E-state index in [0.29, 0.717) is 17.2 Å². The molecular weight excluding hydrogens is 238 g/mol. The van der Waals surface area contributed by atoms with Crippen molar-refractivity contribution in [1.82, 2.24) is 9.97 Å². The van der Waals surface area contributed by atoms with Gasteiger partial charge in [-0.25, -0.2) is 9.97 Å². The van der Waals surface area contributed by atoms with Crippen molar-refractivity contribution in [3.8, 4) is 17.5 Å². The van der Waals surface area contributed by atoms with Gasteiger partial charge in [0.25, 0.3) is 0 Å². The number of benzene rings is 2. The summed E-state index contributed by atoms with van der Waals surface area (Å²) in [5.74, 6) is 0.983. The van der Waals surface area contributed by atoms with E-state index in [9.17, 15) is 0 Å². The van der Waals surface area contributed by atoms with E-state index in [0.717, 1.165) is 16.5 Å². The summed E-state index contributed by atoms with van der Waals surface area (Å²) in [6, 6.07) is 16.9. The Labute approximate surface area is 110 Å². The molecule has 0 aliphatic rings. The van der Waals surface area contributed by atoms with Crippen LogP contribution in [0.15, 0.2) is 48.5 Å². The molecule has 0 saturated heterocycles. The second kappa shape index (κ2) is 4.39. The number of aromatic nitrogens is 2. The predicted molar refractivity (Wildman–Crippen MR) is 74.1 cm³/mol. The van der Waals surface area contributed by atoms with E-state index in [1.807, 2.05) is 36.4 Å². The molecule has 4 nitrogen and oxygen atoms in total. The van der Waals surface area contributed by atoms with Crippen LogP contribution in [0, 0.1) is 11.3 Å². The topological polar surface area (TPSA) is 75.6 Å². The molecule has 0 radical (unpaired) electrons. The fourth-order valence-corrected chi connectivity index (χ4v) is 1.96. The van der Waals surface area contributed by atoms with Gasteiger partial charge in [0.15, 0.2) is 5.82 Å². The van der Waals surface area contributed by atoms with Gasteiger partial charge in [-0.05, 0) is 24.3 Å². The van der Waals surface area contributed by atoms with Crippen molar-refractivity contribution in [2.24, 2.45) is 0 Å². The van der Waals surface area contributed by atoms with Gasteiger partial charge >= 0.3 is 0 Å². The normalized spacial score (nSPS) is 10.3. The summed E-state index contributed by atoms with van der Waals surface area (Å²) < 4.78 is 0. The number of hydrogen-bond donors (Lipinski definition) is 1. The maximum absolute atomic E-state index is 8.92. The van der Waals surface area contributed by atoms with Gasteiger partial charge in [-0.2, -0.15) is 5.26 Å². The van der Waals surface area contributed by atoms with E-state index in [4.69, 9.17) is 11.0 Å². The molecular formula is C15H10N4. The number of nitrogens with zero attached hydrogens (tertiary/aromatic N) is 3. The number of rotatable bonds is 1. The number of para-hydroxylation sites is 1. The molecule has 0 saturated carbocycles. The molecule has 0 spiro atoms. The quantitative estimate of drug-likeness (QED) is 0.718. The van der Waals surface area contributed by atoms with Gasteiger partial charge in [0, 0.05) is 10.9 Å². The van der Waals surface area contributed by atoms with Crippen molar-refractivity contribution in [2.75, 3.05) is 5.73 Å². The van der Waals surface area contributed by atoms with Crippen LogP contribution in [0.5, 0.6) is 0 Å². The number of fused-ring (bicyclic) bond motifs is 1. The third kappa shape index (κ3) is 1.98. The molecule has 0 bridgehead atoms. The zero-order valence-corrected chi connectivity index (χ0v) is 10.0. The lowest BCUT2D eigenvalue weighted by Gasteiger charge is -2.05. The van der Waals surface area contributed by atoms with Crippen molar-refractivity contribution in [1.29, 1.82) is 5.26 Å². The summed E-state index contributed by atoms with van der Waals surface area (Å²) in [6.07, 6.45) is 0. The Bertz CT molecular complexity index is 803. The van der Waals surface area contributed by atoms with Crippen LogP contribution >= 0.6 is 0 Å². The number of nitriles is 1. The molecule has 1 heterocycles. The van der Waals surface area contributed by atoms with E-state index < -0.39 is 0 Å². The third-order valence-electron chi connectivity index (χ3n) is 2.88. The second-order valence-corrected chi connectivity index (χ2v) is 4.14. The summed E-state index contributed by atoms with van der Waals surface area (Å²) in [5, 5.41) is 9.76. The zero-order valence-electron chi connectivity index (χ0n) is 10.0. The first-order valence-corrected chi connectivity index (χ1v) is 5.81. The highest BCUT2D eigenvalue weighted by Crippen LogP contribution is 2.23. The average molecular weight is 248 g/mol. The maximum Gasteiger partial charge on any atom is 0.162 e. The van der Waals surface area contributed by atoms with Crippen LogP contribution < -0.4 is 5.73 Å². The molecule has 0 unspecified atom stereocenters. The second-order valence-electron chi connectivity index (χ2n) is 4.14. The Kier molecular flexibility index (Phi) is 2.58. The van der Waals surface area contributed by atoms with Gasteiger partial charge in [-0.15, -0.1) is 0 Å². The number of anilines is 1. The van der Waals surface area contributed by atoms with Gasteiger partial charge in [0.1, 0.15) is 5.82 Å². The Morgan fingerprint density at radius 3 is 2.79 bits per heavy atom. The lowest BCUT2D eigenvalue weighted by molar-refractivity contribution is 1.23. The highest BCUT2D eigenvalue weighted by atomic mass is 15.5. The molecule has 0 aliphatic heterocycles. The van der Waals surface area contributed by atoms with Gasteiger partial charge in [0.2, 0.25) is 0 Å². The average Bonchev–Trinajstić information content (AvgIpc) is 2.47. The monoisotopic (exact) mass is 248 g/mol. The standard InChI is InChI=1S/C15H10N4/c16-9-10-4-3-5-11(8-10)15-18-13-7-2-1-6-12(13)14(17)19-15/h1-8H,(H2,17,18,19)/i14+2. The lowest BCUT2D eigenvalue weighted by Crippen LogP contribution is -1.97. The van der Waals surface area contributed by atoms with Crippen LogP contribution in [-0.2, 0) is 0 Å². The Balaban J connectivity index is 2.23. The van der Waals surface area contributed by atoms with Crippen molar-refractivity contribution >= 4 is 16.7 Å². The molecule has 4 heteroatoms. The summed E-state index contributed by atoms with van der Waals surface area (Å²) in [5.41, 5.74) is 8.11. The molecule has 0 amide bonds. The molecule has 1 aromatic heterocycles. The Morgan fingerprint density at radius 2 is 1.95 bits per heavy atom. The largest absolute Gasteiger partial charge is 0.383 e. The number of hydrogen-bond acceptors (Lipinski definition) is 4. The van der Waals surface area contributed by atoms with Crippen molar-refractivity contribution in [3.05, 3.63) is 54.1 Å². The highest BCUT2D eigenvalue weighted by molar-refractivity contribution is 5.89.